The SMILES string of the molecule is COc1c(F)cc(NC(=O)N(C)C[C@@H]2CCCC[C@H]2O)cc1F. The Morgan fingerprint density at radius 3 is 2.52 bits per heavy atom. The highest BCUT2D eigenvalue weighted by atomic mass is 19.1. The van der Waals surface area contributed by atoms with E-state index < -0.39 is 29.5 Å². The van der Waals surface area contributed by atoms with Crippen LogP contribution in [0.25, 0.3) is 0 Å². The molecule has 7 heteroatoms. The molecule has 0 aromatic heterocycles. The number of nitrogens with one attached hydrogen (secondary N) is 1. The van der Waals surface area contributed by atoms with Crippen LogP contribution in [0.5, 0.6) is 5.75 Å². The van der Waals surface area contributed by atoms with Gasteiger partial charge in [0.15, 0.2) is 17.4 Å². The monoisotopic (exact) mass is 328 g/mol. The largest absolute Gasteiger partial charge is 0.491 e. The highest BCUT2D eigenvalue weighted by Crippen LogP contribution is 2.27. The predicted octanol–water partition coefficient (Wildman–Crippen LogP) is 2.99. The van der Waals surface area contributed by atoms with Crippen molar-refractivity contribution in [1.29, 1.82) is 0 Å². The lowest BCUT2D eigenvalue weighted by molar-refractivity contribution is 0.0575. The van der Waals surface area contributed by atoms with E-state index in [1.54, 1.807) is 7.05 Å². The van der Waals surface area contributed by atoms with Gasteiger partial charge in [0.1, 0.15) is 0 Å². The molecule has 0 unspecified atom stereocenters. The van der Waals surface area contributed by atoms with Crippen LogP contribution < -0.4 is 10.1 Å². The van der Waals surface area contributed by atoms with Gasteiger partial charge in [0.25, 0.3) is 0 Å². The van der Waals surface area contributed by atoms with Crippen molar-refractivity contribution in [3.8, 4) is 5.75 Å². The van der Waals surface area contributed by atoms with Gasteiger partial charge in [-0.05, 0) is 12.8 Å². The van der Waals surface area contributed by atoms with Gasteiger partial charge in [0, 0.05) is 37.3 Å². The molecule has 1 aliphatic rings. The third-order valence-corrected chi connectivity index (χ3v) is 4.18. The van der Waals surface area contributed by atoms with Gasteiger partial charge in [-0.1, -0.05) is 12.8 Å². The van der Waals surface area contributed by atoms with Gasteiger partial charge in [-0.2, -0.15) is 0 Å². The van der Waals surface area contributed by atoms with Crippen LogP contribution in [0, 0.1) is 17.6 Å². The first-order chi connectivity index (χ1) is 10.9. The zero-order valence-corrected chi connectivity index (χ0v) is 13.3. The fraction of sp³-hybridized carbons (Fsp3) is 0.562. The summed E-state index contributed by atoms with van der Waals surface area (Å²) in [7, 11) is 2.76. The average molecular weight is 328 g/mol. The number of aliphatic hydroxyl groups excluding tert-OH is 1. The molecule has 0 heterocycles. The molecule has 2 amide bonds. The van der Waals surface area contributed by atoms with Crippen LogP contribution in [0.15, 0.2) is 12.1 Å². The molecule has 1 aromatic carbocycles. The van der Waals surface area contributed by atoms with Gasteiger partial charge in [-0.15, -0.1) is 0 Å². The maximum atomic E-state index is 13.6. The highest BCUT2D eigenvalue weighted by molar-refractivity contribution is 5.89. The van der Waals surface area contributed by atoms with Crippen molar-refractivity contribution in [2.75, 3.05) is 26.0 Å². The number of hydrogen-bond donors (Lipinski definition) is 2. The third-order valence-electron chi connectivity index (χ3n) is 4.18. The van der Waals surface area contributed by atoms with E-state index in [4.69, 9.17) is 0 Å². The number of hydrogen-bond acceptors (Lipinski definition) is 3. The number of urea groups is 1. The average Bonchev–Trinajstić information content (AvgIpc) is 2.49. The van der Waals surface area contributed by atoms with E-state index in [0.29, 0.717) is 6.54 Å². The Bertz CT molecular complexity index is 545. The minimum Gasteiger partial charge on any atom is -0.491 e. The summed E-state index contributed by atoms with van der Waals surface area (Å²) in [5.74, 6) is -2.22. The number of ether oxygens (including phenoxy) is 1. The lowest BCUT2D eigenvalue weighted by Crippen LogP contribution is -2.40. The molecule has 2 atom stereocenters. The van der Waals surface area contributed by atoms with Crippen molar-refractivity contribution in [2.24, 2.45) is 5.92 Å². The Morgan fingerprint density at radius 2 is 1.96 bits per heavy atom. The van der Waals surface area contributed by atoms with E-state index in [9.17, 15) is 18.7 Å². The summed E-state index contributed by atoms with van der Waals surface area (Å²) in [5.41, 5.74) is 0.0156. The molecule has 0 radical (unpaired) electrons. The van der Waals surface area contributed by atoms with E-state index in [-0.39, 0.29) is 11.6 Å². The molecule has 0 aliphatic heterocycles. The number of aliphatic hydroxyl groups is 1. The standard InChI is InChI=1S/C16H22F2N2O3/c1-20(9-10-5-3-4-6-14(10)21)16(22)19-11-7-12(17)15(23-2)13(18)8-11/h7-8,10,14,21H,3-6,9H2,1-2H3,(H,19,22)/t10-,14+/m0/s1. The molecular formula is C16H22F2N2O3. The first-order valence-corrected chi connectivity index (χ1v) is 7.65. The number of halogens is 2. The molecule has 1 aromatic rings. The first-order valence-electron chi connectivity index (χ1n) is 7.65. The van der Waals surface area contributed by atoms with Crippen LogP contribution in [0.3, 0.4) is 0 Å². The van der Waals surface area contributed by atoms with Crippen molar-refractivity contribution in [3.05, 3.63) is 23.8 Å². The van der Waals surface area contributed by atoms with E-state index in [1.807, 2.05) is 0 Å². The normalized spacial score (nSPS) is 20.9. The molecule has 2 N–H and O–H groups in total. The molecule has 1 saturated carbocycles. The number of rotatable bonds is 4. The Kier molecular flexibility index (Phi) is 5.76. The zero-order valence-electron chi connectivity index (χ0n) is 13.3. The third kappa shape index (κ3) is 4.31. The summed E-state index contributed by atoms with van der Waals surface area (Å²) in [4.78, 5) is 13.5. The molecule has 1 aliphatic carbocycles. The zero-order chi connectivity index (χ0) is 17.0. The number of benzene rings is 1. The predicted molar refractivity (Wildman–Crippen MR) is 82.5 cm³/mol. The Morgan fingerprint density at radius 1 is 1.35 bits per heavy atom. The lowest BCUT2D eigenvalue weighted by atomic mass is 9.86. The minimum absolute atomic E-state index is 0.0156. The van der Waals surface area contributed by atoms with Gasteiger partial charge in [0.2, 0.25) is 0 Å². The number of nitrogens with zero attached hydrogens (tertiary/aromatic N) is 1. The van der Waals surface area contributed by atoms with Gasteiger partial charge in [0.05, 0.1) is 13.2 Å². The van der Waals surface area contributed by atoms with E-state index in [1.165, 1.54) is 12.0 Å². The maximum Gasteiger partial charge on any atom is 0.321 e. The number of carbonyl (C=O) groups is 1. The fourth-order valence-electron chi connectivity index (χ4n) is 2.88. The van der Waals surface area contributed by atoms with Gasteiger partial charge < -0.3 is 20.1 Å². The summed E-state index contributed by atoms with van der Waals surface area (Å²) in [6.45, 7) is 0.397. The lowest BCUT2D eigenvalue weighted by Gasteiger charge is -2.31. The number of amides is 2. The first kappa shape index (κ1) is 17.5. The van der Waals surface area contributed by atoms with Crippen LogP contribution in [0.2, 0.25) is 0 Å². The Balaban J connectivity index is 1.98. The molecule has 1 fully saturated rings. The van der Waals surface area contributed by atoms with Crippen LogP contribution in [0.1, 0.15) is 25.7 Å². The minimum atomic E-state index is -0.881. The summed E-state index contributed by atoms with van der Waals surface area (Å²) in [6.07, 6.45) is 3.24. The second-order valence-corrected chi connectivity index (χ2v) is 5.90. The molecule has 0 spiro atoms. The van der Waals surface area contributed by atoms with Gasteiger partial charge in [-0.25, -0.2) is 13.6 Å². The number of anilines is 1. The maximum absolute atomic E-state index is 13.6. The van der Waals surface area contributed by atoms with Crippen LogP contribution in [-0.4, -0.2) is 42.8 Å². The quantitative estimate of drug-likeness (QED) is 0.893. The van der Waals surface area contributed by atoms with Gasteiger partial charge >= 0.3 is 6.03 Å². The van der Waals surface area contributed by atoms with Crippen LogP contribution in [0.4, 0.5) is 19.3 Å². The molecule has 23 heavy (non-hydrogen) atoms. The Labute approximate surface area is 134 Å². The summed E-state index contributed by atoms with van der Waals surface area (Å²) in [5, 5.41) is 12.4. The van der Waals surface area contributed by atoms with E-state index in [0.717, 1.165) is 37.8 Å². The van der Waals surface area contributed by atoms with Crippen molar-refractivity contribution in [2.45, 2.75) is 31.8 Å². The van der Waals surface area contributed by atoms with Crippen LogP contribution in [-0.2, 0) is 0 Å². The smallest absolute Gasteiger partial charge is 0.321 e. The summed E-state index contributed by atoms with van der Waals surface area (Å²) in [6, 6.07) is 1.53. The van der Waals surface area contributed by atoms with E-state index >= 15 is 0 Å². The topological polar surface area (TPSA) is 61.8 Å². The summed E-state index contributed by atoms with van der Waals surface area (Å²) < 4.78 is 31.8. The molecular weight excluding hydrogens is 306 g/mol. The van der Waals surface area contributed by atoms with Crippen molar-refractivity contribution >= 4 is 11.7 Å². The second-order valence-electron chi connectivity index (χ2n) is 5.90. The number of carbonyl (C=O) groups excluding carboxylic acids is 1. The van der Waals surface area contributed by atoms with Crippen LogP contribution >= 0.6 is 0 Å². The highest BCUT2D eigenvalue weighted by Gasteiger charge is 2.25. The summed E-state index contributed by atoms with van der Waals surface area (Å²) >= 11 is 0. The molecule has 5 nitrogen and oxygen atoms in total. The van der Waals surface area contributed by atoms with E-state index in [2.05, 4.69) is 10.1 Å². The van der Waals surface area contributed by atoms with Crippen molar-refractivity contribution in [3.63, 3.8) is 0 Å². The fourth-order valence-corrected chi connectivity index (χ4v) is 2.88. The molecule has 0 bridgehead atoms. The molecule has 0 saturated heterocycles. The second kappa shape index (κ2) is 7.59. The molecule has 128 valence electrons. The Hall–Kier alpha value is -1.89. The van der Waals surface area contributed by atoms with Crippen molar-refractivity contribution in [1.82, 2.24) is 4.90 Å². The molecule has 2 rings (SSSR count). The number of methoxy groups -OCH3 is 1. The van der Waals surface area contributed by atoms with Gasteiger partial charge in [-0.3, -0.25) is 0 Å². The van der Waals surface area contributed by atoms with Crippen molar-refractivity contribution < 1.29 is 23.4 Å².